The van der Waals surface area contributed by atoms with Crippen LogP contribution in [0.5, 0.6) is 0 Å². The molecule has 2 fully saturated rings. The second kappa shape index (κ2) is 13.6. The largest absolute Gasteiger partial charge is 0.358 e. The maximum absolute atomic E-state index is 15.6. The van der Waals surface area contributed by atoms with Crippen LogP contribution in [0.4, 0.5) is 10.2 Å². The van der Waals surface area contributed by atoms with Gasteiger partial charge in [-0.15, -0.1) is 5.10 Å². The Balaban J connectivity index is 1.32. The fraction of sp³-hybridized carbons (Fsp3) is 0.625. The van der Waals surface area contributed by atoms with E-state index < -0.39 is 33.8 Å². The smallest absolute Gasteiger partial charge is 0.271 e. The van der Waals surface area contributed by atoms with E-state index in [0.717, 1.165) is 43.6 Å². The van der Waals surface area contributed by atoms with Gasteiger partial charge in [0, 0.05) is 22.6 Å². The Labute approximate surface area is 266 Å². The number of ether oxygens (including phenoxy) is 1. The number of anilines is 1. The number of hydrogen-bond acceptors (Lipinski definition) is 7. The highest BCUT2D eigenvalue weighted by molar-refractivity contribution is 8.32. The van der Waals surface area contributed by atoms with Crippen LogP contribution in [0.25, 0.3) is 11.1 Å². The van der Waals surface area contributed by atoms with Crippen LogP contribution in [0.15, 0.2) is 18.3 Å². The van der Waals surface area contributed by atoms with Crippen molar-refractivity contribution in [1.29, 1.82) is 0 Å². The number of aryl methyl sites for hydroxylation is 1. The van der Waals surface area contributed by atoms with Gasteiger partial charge in [0.1, 0.15) is 24.3 Å². The fourth-order valence-electron chi connectivity index (χ4n) is 5.91. The predicted octanol–water partition coefficient (Wildman–Crippen LogP) is 5.10. The highest BCUT2D eigenvalue weighted by atomic mass is 32.3. The molecule has 2 aliphatic carbocycles. The second-order valence-electron chi connectivity index (χ2n) is 13.4. The zero-order chi connectivity index (χ0) is 32.5. The zero-order valence-corrected chi connectivity index (χ0v) is 28.3. The minimum Gasteiger partial charge on any atom is -0.358 e. The minimum absolute atomic E-state index is 0.00848. The highest BCUT2D eigenvalue weighted by Crippen LogP contribution is 2.51. The van der Waals surface area contributed by atoms with Gasteiger partial charge in [-0.1, -0.05) is 12.1 Å². The van der Waals surface area contributed by atoms with Crippen LogP contribution in [-0.2, 0) is 16.3 Å². The molecule has 11 nitrogen and oxygen atoms in total. The summed E-state index contributed by atoms with van der Waals surface area (Å²) in [6, 6.07) is 2.41. The molecule has 13 heteroatoms. The van der Waals surface area contributed by atoms with Crippen molar-refractivity contribution in [3.8, 4) is 11.1 Å². The van der Waals surface area contributed by atoms with Gasteiger partial charge < -0.3 is 15.4 Å². The molecule has 3 heterocycles. The third-order valence-corrected chi connectivity index (χ3v) is 10.3. The number of nitrogens with one attached hydrogen (secondary N) is 2. The normalized spacial score (nSPS) is 16.9. The van der Waals surface area contributed by atoms with Gasteiger partial charge >= 0.3 is 0 Å². The lowest BCUT2D eigenvalue weighted by Crippen LogP contribution is -2.50. The average molecular weight is 643 g/mol. The summed E-state index contributed by atoms with van der Waals surface area (Å²) in [7, 11) is -0.658. The number of halogens is 1. The van der Waals surface area contributed by atoms with Crippen molar-refractivity contribution in [3.05, 3.63) is 41.4 Å². The van der Waals surface area contributed by atoms with Crippen molar-refractivity contribution in [2.24, 2.45) is 17.8 Å². The minimum atomic E-state index is -0.787. The van der Waals surface area contributed by atoms with Crippen LogP contribution in [0.3, 0.4) is 0 Å². The number of pyridine rings is 1. The lowest BCUT2D eigenvalue weighted by molar-refractivity contribution is -0.119. The Hall–Kier alpha value is -3.32. The Bertz CT molecular complexity index is 1510. The molecule has 246 valence electrons. The van der Waals surface area contributed by atoms with E-state index in [2.05, 4.69) is 49.8 Å². The van der Waals surface area contributed by atoms with E-state index in [4.69, 9.17) is 4.74 Å². The van der Waals surface area contributed by atoms with Gasteiger partial charge in [-0.2, -0.15) is 9.49 Å². The summed E-state index contributed by atoms with van der Waals surface area (Å²) < 4.78 is 24.8. The van der Waals surface area contributed by atoms with Crippen LogP contribution in [0, 0.1) is 37.5 Å². The van der Waals surface area contributed by atoms with Crippen LogP contribution in [-0.4, -0.2) is 78.7 Å². The molecule has 0 aromatic carbocycles. The first-order chi connectivity index (χ1) is 21.4. The monoisotopic (exact) mass is 642 g/mol. The maximum atomic E-state index is 15.6. The number of carbonyl (C=O) groups is 2. The molecule has 45 heavy (non-hydrogen) atoms. The topological polar surface area (TPSA) is 129 Å². The van der Waals surface area contributed by atoms with Gasteiger partial charge in [-0.25, -0.2) is 24.4 Å². The standard InChI is InChI=1S/C32H47FN8O3S/c1-8-19(2)41-25(17-34-39-41)31(42)37-29(28(22-9-10-22)23-11-12-23)32(43)36-26-14-13-24(30(33)35-26)27-20(3)38-40(21(27)4)18-44-15-16-45(5,6)7/h13-14,17,19,22-23,28-29H,8-12,15-16,18H2,1-7H3,(H,37,42)(H,35,36,43)/t19?,29-/m0/s1. The molecule has 0 saturated heterocycles. The quantitative estimate of drug-likeness (QED) is 0.174. The number of amides is 2. The molecule has 1 unspecified atom stereocenters. The number of hydrogen-bond donors (Lipinski definition) is 2. The summed E-state index contributed by atoms with van der Waals surface area (Å²) in [4.78, 5) is 31.4. The summed E-state index contributed by atoms with van der Waals surface area (Å²) in [5.41, 5.74) is 2.72. The van der Waals surface area contributed by atoms with E-state index in [-0.39, 0.29) is 24.5 Å². The molecule has 2 N–H and O–H groups in total. The number of nitrogens with zero attached hydrogens (tertiary/aromatic N) is 6. The molecule has 0 spiro atoms. The van der Waals surface area contributed by atoms with Crippen LogP contribution in [0.1, 0.15) is 73.9 Å². The number of aromatic nitrogens is 6. The summed E-state index contributed by atoms with van der Waals surface area (Å²) in [5.74, 6) is 0.343. The van der Waals surface area contributed by atoms with Crippen molar-refractivity contribution in [2.45, 2.75) is 78.6 Å². The van der Waals surface area contributed by atoms with E-state index >= 15 is 4.39 Å². The van der Waals surface area contributed by atoms with Crippen LogP contribution < -0.4 is 10.6 Å². The summed E-state index contributed by atoms with van der Waals surface area (Å²) >= 11 is 0. The number of rotatable bonds is 15. The molecule has 2 aliphatic rings. The molecular formula is C32H47FN8O3S. The van der Waals surface area contributed by atoms with Crippen molar-refractivity contribution in [1.82, 2.24) is 35.1 Å². The first-order valence-corrected chi connectivity index (χ1v) is 18.9. The lowest BCUT2D eigenvalue weighted by Gasteiger charge is -2.27. The van der Waals surface area contributed by atoms with Gasteiger partial charge in [0.05, 0.1) is 24.5 Å². The van der Waals surface area contributed by atoms with Gasteiger partial charge in [-0.05, 0) is 102 Å². The summed E-state index contributed by atoms with van der Waals surface area (Å²) in [6.07, 6.45) is 13.1. The van der Waals surface area contributed by atoms with E-state index in [0.29, 0.717) is 41.0 Å². The van der Waals surface area contributed by atoms with Crippen molar-refractivity contribution in [2.75, 3.05) is 36.4 Å². The van der Waals surface area contributed by atoms with Crippen molar-refractivity contribution in [3.63, 3.8) is 0 Å². The molecule has 2 amide bonds. The van der Waals surface area contributed by atoms with Crippen molar-refractivity contribution >= 4 is 27.7 Å². The maximum Gasteiger partial charge on any atom is 0.271 e. The summed E-state index contributed by atoms with van der Waals surface area (Å²) in [5, 5.41) is 18.4. The van der Waals surface area contributed by atoms with Crippen molar-refractivity contribution < 1.29 is 18.7 Å². The Morgan fingerprint density at radius 2 is 1.82 bits per heavy atom. The van der Waals surface area contributed by atoms with E-state index in [9.17, 15) is 9.59 Å². The number of carbonyl (C=O) groups excluding carboxylic acids is 2. The zero-order valence-electron chi connectivity index (χ0n) is 27.5. The Morgan fingerprint density at radius 3 is 2.42 bits per heavy atom. The Kier molecular flexibility index (Phi) is 9.97. The first-order valence-electron chi connectivity index (χ1n) is 15.8. The van der Waals surface area contributed by atoms with Gasteiger partial charge in [0.25, 0.3) is 5.91 Å². The summed E-state index contributed by atoms with van der Waals surface area (Å²) in [6.45, 7) is 8.62. The average Bonchev–Trinajstić information content (AvgIpc) is 3.92. The van der Waals surface area contributed by atoms with Gasteiger partial charge in [0.15, 0.2) is 0 Å². The first kappa shape index (κ1) is 33.1. The van der Waals surface area contributed by atoms with Gasteiger partial charge in [-0.3, -0.25) is 9.59 Å². The SMILES string of the molecule is CCC(C)n1nncc1C(=O)N[C@H](C(=O)Nc1ccc(-c2c(C)nn(COCCS(C)(C)C)c2C)c(F)n1)C(C1CC1)C1CC1. The van der Waals surface area contributed by atoms with Gasteiger partial charge in [0.2, 0.25) is 11.9 Å². The van der Waals surface area contributed by atoms with E-state index in [1.165, 1.54) is 6.20 Å². The predicted molar refractivity (Wildman–Crippen MR) is 175 cm³/mol. The van der Waals surface area contributed by atoms with Crippen LogP contribution >= 0.6 is 10.0 Å². The molecule has 2 saturated carbocycles. The molecule has 0 aliphatic heterocycles. The molecule has 0 bridgehead atoms. The molecule has 5 rings (SSSR count). The second-order valence-corrected chi connectivity index (χ2v) is 18.0. The highest BCUT2D eigenvalue weighted by Gasteiger charge is 2.48. The Morgan fingerprint density at radius 1 is 1.13 bits per heavy atom. The third-order valence-electron chi connectivity index (χ3n) is 8.91. The molecular weight excluding hydrogens is 595 g/mol. The molecule has 0 radical (unpaired) electrons. The molecule has 3 aromatic rings. The molecule has 3 aromatic heterocycles. The van der Waals surface area contributed by atoms with E-state index in [1.807, 2.05) is 27.7 Å². The molecule has 2 atom stereocenters. The lowest BCUT2D eigenvalue weighted by atomic mass is 9.88. The van der Waals surface area contributed by atoms with E-state index in [1.54, 1.807) is 21.5 Å². The third kappa shape index (κ3) is 7.92. The fourth-order valence-corrected chi connectivity index (χ4v) is 6.53. The van der Waals surface area contributed by atoms with Crippen LogP contribution in [0.2, 0.25) is 0 Å².